The summed E-state index contributed by atoms with van der Waals surface area (Å²) < 4.78 is 17.6. The van der Waals surface area contributed by atoms with E-state index in [9.17, 15) is 9.50 Å². The van der Waals surface area contributed by atoms with E-state index in [-0.39, 0.29) is 0 Å². The Bertz CT molecular complexity index is 332. The van der Waals surface area contributed by atoms with Gasteiger partial charge in [0, 0.05) is 44.6 Å². The molecule has 1 aromatic rings. The fourth-order valence-electron chi connectivity index (χ4n) is 1.22. The lowest BCUT2D eigenvalue weighted by molar-refractivity contribution is 0.0357. The van der Waals surface area contributed by atoms with Crippen LogP contribution in [0.15, 0.2) is 18.3 Å². The molecule has 4 nitrogen and oxygen atoms in total. The first-order valence-corrected chi connectivity index (χ1v) is 5.10. The maximum absolute atomic E-state index is 12.8. The largest absolute Gasteiger partial charge is 0.388 e. The van der Waals surface area contributed by atoms with Gasteiger partial charge in [0.05, 0.1) is 5.60 Å². The summed E-state index contributed by atoms with van der Waals surface area (Å²) in [5.74, 6) is -0.540. The molecule has 0 aliphatic rings. The molecular formula is C11H17FN2O2. The Labute approximate surface area is 94.5 Å². The van der Waals surface area contributed by atoms with Crippen LogP contribution in [0.2, 0.25) is 0 Å². The van der Waals surface area contributed by atoms with E-state index in [0.29, 0.717) is 25.3 Å². The summed E-state index contributed by atoms with van der Waals surface area (Å²) in [6.07, 6.45) is 1.89. The van der Waals surface area contributed by atoms with Crippen LogP contribution in [-0.4, -0.2) is 36.0 Å². The molecule has 90 valence electrons. The lowest BCUT2D eigenvalue weighted by Crippen LogP contribution is -2.34. The smallest absolute Gasteiger partial charge is 0.214 e. The fraction of sp³-hybridized carbons (Fsp3) is 0.545. The molecule has 0 bridgehead atoms. The quantitative estimate of drug-likeness (QED) is 0.723. The Morgan fingerprint density at radius 1 is 1.62 bits per heavy atom. The summed E-state index contributed by atoms with van der Waals surface area (Å²) in [5.41, 5.74) is -0.277. The van der Waals surface area contributed by atoms with Gasteiger partial charge in [-0.15, -0.1) is 0 Å². The molecule has 0 spiro atoms. The lowest BCUT2D eigenvalue weighted by atomic mass is 10.0. The number of hydrogen-bond donors (Lipinski definition) is 2. The molecule has 0 saturated heterocycles. The predicted molar refractivity (Wildman–Crippen MR) is 59.8 cm³/mol. The average molecular weight is 228 g/mol. The zero-order chi connectivity index (χ0) is 12.0. The van der Waals surface area contributed by atoms with Crippen LogP contribution in [0, 0.1) is 5.95 Å². The zero-order valence-corrected chi connectivity index (χ0v) is 9.53. The summed E-state index contributed by atoms with van der Waals surface area (Å²) in [7, 11) is 1.59. The minimum absolute atomic E-state index is 0.333. The van der Waals surface area contributed by atoms with Gasteiger partial charge < -0.3 is 15.2 Å². The van der Waals surface area contributed by atoms with Crippen molar-refractivity contribution in [2.75, 3.05) is 25.6 Å². The van der Waals surface area contributed by atoms with E-state index in [1.165, 1.54) is 12.3 Å². The minimum Gasteiger partial charge on any atom is -0.388 e. The van der Waals surface area contributed by atoms with Gasteiger partial charge in [-0.1, -0.05) is 0 Å². The first-order valence-electron chi connectivity index (χ1n) is 5.10. The van der Waals surface area contributed by atoms with Gasteiger partial charge in [0.15, 0.2) is 0 Å². The number of halogens is 1. The first-order chi connectivity index (χ1) is 7.53. The van der Waals surface area contributed by atoms with Gasteiger partial charge in [-0.25, -0.2) is 4.98 Å². The van der Waals surface area contributed by atoms with Gasteiger partial charge in [-0.3, -0.25) is 0 Å². The standard InChI is InChI=1S/C11H17FN2O2/c1-11(15,4-6-16-2)8-14-9-3-5-13-10(12)7-9/h3,5,7,15H,4,6,8H2,1-2H3,(H,13,14). The van der Waals surface area contributed by atoms with Gasteiger partial charge in [0.1, 0.15) is 0 Å². The number of aliphatic hydroxyl groups is 1. The predicted octanol–water partition coefficient (Wildman–Crippen LogP) is 1.42. The molecule has 1 heterocycles. The summed E-state index contributed by atoms with van der Waals surface area (Å²) in [6.45, 7) is 2.52. The van der Waals surface area contributed by atoms with E-state index >= 15 is 0 Å². The third kappa shape index (κ3) is 4.55. The summed E-state index contributed by atoms with van der Waals surface area (Å²) in [6, 6.07) is 2.93. The van der Waals surface area contributed by atoms with Gasteiger partial charge in [-0.05, 0) is 13.0 Å². The maximum atomic E-state index is 12.8. The van der Waals surface area contributed by atoms with E-state index in [1.54, 1.807) is 20.1 Å². The van der Waals surface area contributed by atoms with Crippen molar-refractivity contribution in [3.8, 4) is 0 Å². The molecule has 0 aromatic carbocycles. The van der Waals surface area contributed by atoms with Crippen LogP contribution in [0.1, 0.15) is 13.3 Å². The average Bonchev–Trinajstić information content (AvgIpc) is 2.24. The minimum atomic E-state index is -0.879. The first kappa shape index (κ1) is 12.9. The summed E-state index contributed by atoms with van der Waals surface area (Å²) in [5, 5.41) is 12.9. The van der Waals surface area contributed by atoms with Crippen molar-refractivity contribution in [3.63, 3.8) is 0 Å². The van der Waals surface area contributed by atoms with Gasteiger partial charge in [0.2, 0.25) is 5.95 Å². The van der Waals surface area contributed by atoms with Crippen molar-refractivity contribution in [2.24, 2.45) is 0 Å². The van der Waals surface area contributed by atoms with Crippen LogP contribution >= 0.6 is 0 Å². The van der Waals surface area contributed by atoms with Crippen molar-refractivity contribution in [1.82, 2.24) is 4.98 Å². The zero-order valence-electron chi connectivity index (χ0n) is 9.53. The molecule has 1 aromatic heterocycles. The van der Waals surface area contributed by atoms with Crippen molar-refractivity contribution in [3.05, 3.63) is 24.3 Å². The Balaban J connectivity index is 2.44. The topological polar surface area (TPSA) is 54.4 Å². The monoisotopic (exact) mass is 228 g/mol. The highest BCUT2D eigenvalue weighted by atomic mass is 19.1. The second kappa shape index (κ2) is 5.77. The number of methoxy groups -OCH3 is 1. The molecule has 2 N–H and O–H groups in total. The molecule has 0 amide bonds. The SMILES string of the molecule is COCCC(C)(O)CNc1ccnc(F)c1. The Hall–Kier alpha value is -1.20. The number of nitrogens with zero attached hydrogens (tertiary/aromatic N) is 1. The molecule has 5 heteroatoms. The number of nitrogens with one attached hydrogen (secondary N) is 1. The van der Waals surface area contributed by atoms with E-state index in [1.807, 2.05) is 0 Å². The van der Waals surface area contributed by atoms with Gasteiger partial charge >= 0.3 is 0 Å². The van der Waals surface area contributed by atoms with Gasteiger partial charge in [0.25, 0.3) is 0 Å². The maximum Gasteiger partial charge on any atom is 0.214 e. The lowest BCUT2D eigenvalue weighted by Gasteiger charge is -2.23. The molecule has 16 heavy (non-hydrogen) atoms. The second-order valence-corrected chi connectivity index (χ2v) is 3.96. The number of rotatable bonds is 6. The van der Waals surface area contributed by atoms with E-state index in [0.717, 1.165) is 0 Å². The van der Waals surface area contributed by atoms with E-state index < -0.39 is 11.5 Å². The van der Waals surface area contributed by atoms with Crippen LogP contribution in [0.5, 0.6) is 0 Å². The highest BCUT2D eigenvalue weighted by Gasteiger charge is 2.19. The molecule has 1 unspecified atom stereocenters. The number of pyridine rings is 1. The number of anilines is 1. The fourth-order valence-corrected chi connectivity index (χ4v) is 1.22. The Kier molecular flexibility index (Phi) is 4.64. The molecule has 0 radical (unpaired) electrons. The highest BCUT2D eigenvalue weighted by Crippen LogP contribution is 2.12. The van der Waals surface area contributed by atoms with Crippen molar-refractivity contribution in [1.29, 1.82) is 0 Å². The molecule has 0 fully saturated rings. The number of aromatic nitrogens is 1. The van der Waals surface area contributed by atoms with Crippen LogP contribution in [0.25, 0.3) is 0 Å². The van der Waals surface area contributed by atoms with Crippen LogP contribution in [-0.2, 0) is 4.74 Å². The normalized spacial score (nSPS) is 14.5. The highest BCUT2D eigenvalue weighted by molar-refractivity contribution is 5.41. The second-order valence-electron chi connectivity index (χ2n) is 3.96. The molecule has 1 rings (SSSR count). The van der Waals surface area contributed by atoms with E-state index in [4.69, 9.17) is 4.74 Å². The van der Waals surface area contributed by atoms with Crippen molar-refractivity contribution in [2.45, 2.75) is 18.9 Å². The number of hydrogen-bond acceptors (Lipinski definition) is 4. The van der Waals surface area contributed by atoms with Crippen LogP contribution in [0.3, 0.4) is 0 Å². The van der Waals surface area contributed by atoms with Crippen molar-refractivity contribution >= 4 is 5.69 Å². The molecule has 0 saturated carbocycles. The van der Waals surface area contributed by atoms with Crippen LogP contribution in [0.4, 0.5) is 10.1 Å². The summed E-state index contributed by atoms with van der Waals surface area (Å²) in [4.78, 5) is 3.44. The molecule has 0 aliphatic carbocycles. The summed E-state index contributed by atoms with van der Waals surface area (Å²) >= 11 is 0. The molecule has 1 atom stereocenters. The number of ether oxygens (including phenoxy) is 1. The molecule has 0 aliphatic heterocycles. The van der Waals surface area contributed by atoms with E-state index in [2.05, 4.69) is 10.3 Å². The van der Waals surface area contributed by atoms with Gasteiger partial charge in [-0.2, -0.15) is 4.39 Å². The Morgan fingerprint density at radius 2 is 2.38 bits per heavy atom. The van der Waals surface area contributed by atoms with Crippen molar-refractivity contribution < 1.29 is 14.2 Å². The van der Waals surface area contributed by atoms with Crippen LogP contribution < -0.4 is 5.32 Å². The Morgan fingerprint density at radius 3 is 3.00 bits per heavy atom. The third-order valence-corrected chi connectivity index (χ3v) is 2.24. The molecular weight excluding hydrogens is 211 g/mol. The third-order valence-electron chi connectivity index (χ3n) is 2.24.